The van der Waals surface area contributed by atoms with E-state index in [1.807, 2.05) is 31.4 Å². The number of nitrogens with one attached hydrogen (secondary N) is 2. The molecule has 0 amide bonds. The highest BCUT2D eigenvalue weighted by Crippen LogP contribution is 2.27. The van der Waals surface area contributed by atoms with Gasteiger partial charge in [0.05, 0.1) is 11.3 Å². The van der Waals surface area contributed by atoms with Gasteiger partial charge in [-0.2, -0.15) is 4.98 Å². The molecule has 1 aliphatic rings. The molecule has 0 radical (unpaired) electrons. The van der Waals surface area contributed by atoms with Crippen LogP contribution in [0.4, 0.5) is 17.3 Å². The Balaban J connectivity index is 1.30. The molecular weight excluding hydrogens is 581 g/mol. The number of thiazole rings is 1. The number of hydrogen-bond donors (Lipinski definition) is 3. The molecule has 0 unspecified atom stereocenters. The average molecular weight is 617 g/mol. The van der Waals surface area contributed by atoms with Crippen LogP contribution in [-0.4, -0.2) is 71.3 Å². The van der Waals surface area contributed by atoms with E-state index in [4.69, 9.17) is 4.98 Å². The number of nitrogens with zero attached hydrogens (tertiary/aromatic N) is 6. The number of thiol groups is 1. The first-order chi connectivity index (χ1) is 20.7. The summed E-state index contributed by atoms with van der Waals surface area (Å²) in [6, 6.07) is 13.9. The summed E-state index contributed by atoms with van der Waals surface area (Å²) < 4.78 is 14.7. The predicted molar refractivity (Wildman–Crippen MR) is 177 cm³/mol. The maximum atomic E-state index is 13.9. The quantitative estimate of drug-likeness (QED) is 0.208. The number of fused-ring (bicyclic) bond motifs is 1. The molecule has 4 aromatic heterocycles. The molecule has 1 aromatic carbocycles. The maximum absolute atomic E-state index is 13.9. The maximum Gasteiger partial charge on any atom is 0.268 e. The number of aromatic nitrogens is 5. The van der Waals surface area contributed by atoms with Crippen molar-refractivity contribution >= 4 is 49.6 Å². The van der Waals surface area contributed by atoms with E-state index in [2.05, 4.69) is 49.7 Å². The van der Waals surface area contributed by atoms with E-state index in [-0.39, 0.29) is 10.8 Å². The van der Waals surface area contributed by atoms with Gasteiger partial charge in [-0.3, -0.25) is 14.0 Å². The number of anilines is 3. The van der Waals surface area contributed by atoms with E-state index in [0.717, 1.165) is 37.3 Å². The van der Waals surface area contributed by atoms with E-state index >= 15 is 0 Å². The fourth-order valence-corrected chi connectivity index (χ4v) is 7.01. The molecule has 2 N–H and O–H groups in total. The minimum absolute atomic E-state index is 0.00146. The van der Waals surface area contributed by atoms with Gasteiger partial charge in [-0.15, -0.1) is 11.3 Å². The van der Waals surface area contributed by atoms with Crippen LogP contribution >= 0.6 is 11.3 Å². The van der Waals surface area contributed by atoms with Crippen molar-refractivity contribution in [2.75, 3.05) is 37.0 Å². The molecule has 0 saturated carbocycles. The van der Waals surface area contributed by atoms with Crippen molar-refractivity contribution < 1.29 is 4.21 Å². The summed E-state index contributed by atoms with van der Waals surface area (Å²) in [5, 5.41) is 9.89. The number of benzene rings is 1. The van der Waals surface area contributed by atoms with Gasteiger partial charge in [0.2, 0.25) is 5.95 Å². The third-order valence-corrected chi connectivity index (χ3v) is 12.1. The highest BCUT2D eigenvalue weighted by molar-refractivity contribution is 8.03. The minimum atomic E-state index is -2.56. The summed E-state index contributed by atoms with van der Waals surface area (Å²) in [5.41, 5.74) is 2.95. The Hall–Kier alpha value is -4.00. The van der Waals surface area contributed by atoms with Gasteiger partial charge in [0.1, 0.15) is 0 Å². The van der Waals surface area contributed by atoms with Crippen molar-refractivity contribution in [1.82, 2.24) is 29.4 Å². The van der Waals surface area contributed by atoms with Crippen LogP contribution in [0, 0.1) is 0 Å². The first-order valence-electron chi connectivity index (χ1n) is 14.4. The van der Waals surface area contributed by atoms with Crippen LogP contribution in [0.3, 0.4) is 0 Å². The number of pyridine rings is 2. The number of piperidine rings is 1. The monoisotopic (exact) mass is 616 g/mol. The molecule has 1 saturated heterocycles. The lowest BCUT2D eigenvalue weighted by molar-refractivity contribution is 0.264. The topological polar surface area (TPSA) is 118 Å². The third kappa shape index (κ3) is 6.08. The van der Waals surface area contributed by atoms with Gasteiger partial charge < -0.3 is 15.5 Å². The lowest BCUT2D eigenvalue weighted by atomic mass is 10.1. The van der Waals surface area contributed by atoms with Crippen molar-refractivity contribution in [2.24, 2.45) is 0 Å². The van der Waals surface area contributed by atoms with Crippen LogP contribution in [0.2, 0.25) is 0 Å². The predicted octanol–water partition coefficient (Wildman–Crippen LogP) is 4.96. The lowest BCUT2D eigenvalue weighted by Crippen LogP contribution is -2.36. The summed E-state index contributed by atoms with van der Waals surface area (Å²) >= 11 is 1.35. The summed E-state index contributed by atoms with van der Waals surface area (Å²) in [6.45, 7) is 6.09. The molecule has 5 aromatic rings. The number of rotatable bonds is 8. The molecule has 0 atom stereocenters. The highest BCUT2D eigenvalue weighted by Gasteiger charge is 2.20. The summed E-state index contributed by atoms with van der Waals surface area (Å²) in [5.74, 6) is 0.371. The summed E-state index contributed by atoms with van der Waals surface area (Å²) in [6.07, 6.45) is 9.00. The Kier molecular flexibility index (Phi) is 8.08. The fraction of sp³-hybridized carbons (Fsp3) is 0.323. The van der Waals surface area contributed by atoms with E-state index in [0.29, 0.717) is 44.3 Å². The van der Waals surface area contributed by atoms with Gasteiger partial charge >= 0.3 is 0 Å². The van der Waals surface area contributed by atoms with Crippen molar-refractivity contribution in [1.29, 1.82) is 0 Å². The number of hydrogen-bond acceptors (Lipinski definition) is 10. The third-order valence-electron chi connectivity index (χ3n) is 8.10. The SMILES string of the molecule is CC(C)[SH](C)(=O)c1ccc(-c2cc3cnc(Nc4ccc(NC5CCN(C)CC5)cc4)nc3n(-c3nccs3)c2=O)nc1. The summed E-state index contributed by atoms with van der Waals surface area (Å²) in [4.78, 5) is 35.2. The van der Waals surface area contributed by atoms with Crippen LogP contribution in [0.15, 0.2) is 76.1 Å². The number of likely N-dealkylation sites (tertiary alicyclic amines) is 1. The standard InChI is InChI=1S/C31H36N8O2S2/c1-20(2)43(4,41)25-9-10-27(33-19-25)26-17-21-18-34-30(37-28(21)39(29(26)40)31-32-13-16-42-31)36-23-7-5-22(6-8-23)35-24-11-14-38(3)15-12-24/h5-10,13,16-20,24,35,43H,11-12,14-15H2,1-4H3,(H,34,36,37). The first kappa shape index (κ1) is 29.1. The zero-order chi connectivity index (χ0) is 30.1. The Morgan fingerprint density at radius 3 is 2.40 bits per heavy atom. The van der Waals surface area contributed by atoms with Crippen molar-refractivity contribution in [3.05, 3.63) is 76.8 Å². The largest absolute Gasteiger partial charge is 0.382 e. The van der Waals surface area contributed by atoms with Crippen LogP contribution in [0.1, 0.15) is 26.7 Å². The van der Waals surface area contributed by atoms with E-state index in [1.54, 1.807) is 43.0 Å². The molecule has 43 heavy (non-hydrogen) atoms. The molecule has 0 spiro atoms. The van der Waals surface area contributed by atoms with E-state index in [1.165, 1.54) is 15.9 Å². The average Bonchev–Trinajstić information content (AvgIpc) is 3.53. The molecule has 12 heteroatoms. The normalized spacial score (nSPS) is 15.2. The molecule has 1 aliphatic heterocycles. The van der Waals surface area contributed by atoms with Crippen molar-refractivity contribution in [2.45, 2.75) is 42.9 Å². The van der Waals surface area contributed by atoms with Gasteiger partial charge in [-0.05, 0) is 81.7 Å². The molecular formula is C31H36N8O2S2. The molecule has 0 bridgehead atoms. The summed E-state index contributed by atoms with van der Waals surface area (Å²) in [7, 11) is -0.400. The molecule has 10 nitrogen and oxygen atoms in total. The second-order valence-electron chi connectivity index (χ2n) is 11.4. The Morgan fingerprint density at radius 2 is 1.74 bits per heavy atom. The van der Waals surface area contributed by atoms with Gasteiger partial charge in [-0.25, -0.2) is 14.5 Å². The van der Waals surface area contributed by atoms with Crippen LogP contribution < -0.4 is 16.2 Å². The van der Waals surface area contributed by atoms with Crippen molar-refractivity contribution in [3.8, 4) is 16.4 Å². The Morgan fingerprint density at radius 1 is 1.00 bits per heavy atom. The molecule has 0 aliphatic carbocycles. The van der Waals surface area contributed by atoms with E-state index in [9.17, 15) is 9.00 Å². The first-order valence-corrected chi connectivity index (χ1v) is 17.5. The van der Waals surface area contributed by atoms with Gasteiger partial charge in [0.15, 0.2) is 10.8 Å². The Labute approximate surface area is 255 Å². The smallest absolute Gasteiger partial charge is 0.268 e. The minimum Gasteiger partial charge on any atom is -0.382 e. The zero-order valence-corrected chi connectivity index (χ0v) is 26.4. The van der Waals surface area contributed by atoms with Crippen LogP contribution in [0.5, 0.6) is 0 Å². The second-order valence-corrected chi connectivity index (χ2v) is 15.8. The van der Waals surface area contributed by atoms with E-state index < -0.39 is 9.93 Å². The van der Waals surface area contributed by atoms with Gasteiger partial charge in [0.25, 0.3) is 5.56 Å². The van der Waals surface area contributed by atoms with Crippen LogP contribution in [0.25, 0.3) is 27.4 Å². The van der Waals surface area contributed by atoms with Gasteiger partial charge in [-0.1, -0.05) is 23.8 Å². The second kappa shape index (κ2) is 11.9. The molecule has 1 fully saturated rings. The molecule has 6 rings (SSSR count). The van der Waals surface area contributed by atoms with Crippen molar-refractivity contribution in [3.63, 3.8) is 0 Å². The van der Waals surface area contributed by atoms with Crippen LogP contribution in [-0.2, 0) is 9.93 Å². The zero-order valence-electron chi connectivity index (χ0n) is 24.7. The fourth-order valence-electron chi connectivity index (χ4n) is 5.12. The molecule has 5 heterocycles. The highest BCUT2D eigenvalue weighted by atomic mass is 32.2. The lowest BCUT2D eigenvalue weighted by Gasteiger charge is -2.30. The van der Waals surface area contributed by atoms with Gasteiger partial charge in [0, 0.05) is 56.9 Å². The Bertz CT molecular complexity index is 1830. The molecule has 224 valence electrons.